The molecular weight excluding hydrogens is 1130 g/mol. The fourth-order valence-electron chi connectivity index (χ4n) is 8.36. The van der Waals surface area contributed by atoms with Gasteiger partial charge < -0.3 is 103 Å². The molecule has 35 heteroatoms. The molecule has 85 heavy (non-hydrogen) atoms. The van der Waals surface area contributed by atoms with Crippen molar-refractivity contribution < 1.29 is 57.5 Å². The largest absolute Gasteiger partial charge is 0.375 e. The van der Waals surface area contributed by atoms with Crippen molar-refractivity contribution in [1.82, 2.24) is 52.8 Å². The van der Waals surface area contributed by atoms with Crippen LogP contribution in [0.3, 0.4) is 0 Å². The second-order valence-electron chi connectivity index (χ2n) is 20.3. The summed E-state index contributed by atoms with van der Waals surface area (Å²) in [6.07, 6.45) is 3.59. The zero-order valence-corrected chi connectivity index (χ0v) is 50.3. The fourth-order valence-corrected chi connectivity index (χ4v) is 8.93. The predicted octanol–water partition coefficient (Wildman–Crippen LogP) is -7.52. The predicted molar refractivity (Wildman–Crippen MR) is 320 cm³/mol. The average molecular weight is 1230 g/mol. The summed E-state index contributed by atoms with van der Waals surface area (Å²) in [5.74, 6) is -8.47. The molecule has 1 aliphatic heterocycles. The van der Waals surface area contributed by atoms with Gasteiger partial charge in [0.1, 0.15) is 48.9 Å². The molecule has 0 unspecified atom stereocenters. The number of Topliss-reactive ketones (excluding diaryl/α,β-unsaturated/α-hetero) is 1. The van der Waals surface area contributed by atoms with Crippen LogP contribution in [0.1, 0.15) is 98.3 Å². The molecule has 1 rings (SSSR count). The Hall–Kier alpha value is -8.24. The number of ether oxygens (including phenoxy) is 1. The van der Waals surface area contributed by atoms with Crippen molar-refractivity contribution >= 4 is 100 Å². The molecule has 0 aromatic carbocycles. The van der Waals surface area contributed by atoms with E-state index in [2.05, 4.69) is 67.8 Å². The van der Waals surface area contributed by atoms with E-state index in [9.17, 15) is 52.7 Å². The number of methoxy groups -OCH3 is 1. The van der Waals surface area contributed by atoms with E-state index in [4.69, 9.17) is 50.6 Å². The first-order chi connectivity index (χ1) is 40.1. The lowest BCUT2D eigenvalue weighted by molar-refractivity contribution is -0.142. The topological polar surface area (TPSA) is 566 Å². The van der Waals surface area contributed by atoms with Gasteiger partial charge in [0.05, 0.1) is 19.1 Å². The first kappa shape index (κ1) is 74.8. The average Bonchev–Trinajstić information content (AvgIpc) is 3.56. The molecule has 34 nitrogen and oxygen atoms in total. The molecular formula is C50H92N22O12S. The summed E-state index contributed by atoms with van der Waals surface area (Å²) in [6, 6.07) is -9.34. The third-order valence-corrected chi connectivity index (χ3v) is 13.2. The monoisotopic (exact) mass is 1220 g/mol. The summed E-state index contributed by atoms with van der Waals surface area (Å²) in [7, 11) is 1.37. The van der Waals surface area contributed by atoms with Gasteiger partial charge in [-0.05, 0) is 96.7 Å². The Balaban J connectivity index is 3.20. The van der Waals surface area contributed by atoms with Crippen LogP contribution in [-0.4, -0.2) is 213 Å². The Morgan fingerprint density at radius 3 is 1.34 bits per heavy atom. The molecule has 1 aliphatic rings. The number of nitrogens with two attached hydrogens (primary N) is 8. The Morgan fingerprint density at radius 1 is 0.529 bits per heavy atom. The molecule has 25 N–H and O–H groups in total. The van der Waals surface area contributed by atoms with Crippen LogP contribution in [0.4, 0.5) is 0 Å². The van der Waals surface area contributed by atoms with Crippen LogP contribution in [0.5, 0.6) is 0 Å². The number of thioether (sulfide) groups is 1. The van der Waals surface area contributed by atoms with Crippen molar-refractivity contribution in [1.29, 1.82) is 0 Å². The molecule has 1 heterocycles. The maximum atomic E-state index is 14.2. The van der Waals surface area contributed by atoms with Gasteiger partial charge in [0.2, 0.25) is 59.1 Å². The van der Waals surface area contributed by atoms with E-state index >= 15 is 0 Å². The highest BCUT2D eigenvalue weighted by molar-refractivity contribution is 7.98. The summed E-state index contributed by atoms with van der Waals surface area (Å²) in [5.41, 5.74) is 43.8. The number of ketones is 1. The molecule has 0 spiro atoms. The van der Waals surface area contributed by atoms with Crippen LogP contribution in [0, 0.1) is 5.92 Å². The van der Waals surface area contributed by atoms with E-state index in [1.807, 2.05) is 13.8 Å². The van der Waals surface area contributed by atoms with Crippen LogP contribution in [-0.2, 0) is 57.5 Å². The summed E-state index contributed by atoms with van der Waals surface area (Å²) in [6.45, 7) is 5.45. The van der Waals surface area contributed by atoms with Gasteiger partial charge in [-0.2, -0.15) is 11.8 Å². The van der Waals surface area contributed by atoms with Crippen molar-refractivity contribution in [2.45, 2.75) is 147 Å². The number of nitrogens with zero attached hydrogens (tertiary/aromatic N) is 5. The van der Waals surface area contributed by atoms with Gasteiger partial charge in [0.25, 0.3) is 0 Å². The van der Waals surface area contributed by atoms with Crippen molar-refractivity contribution in [3.8, 4) is 0 Å². The summed E-state index contributed by atoms with van der Waals surface area (Å²) >= 11 is 1.20. The molecule has 8 atom stereocenters. The van der Waals surface area contributed by atoms with Crippen LogP contribution in [0.2, 0.25) is 0 Å². The van der Waals surface area contributed by atoms with E-state index < -0.39 is 115 Å². The van der Waals surface area contributed by atoms with Crippen LogP contribution < -0.4 is 93.7 Å². The van der Waals surface area contributed by atoms with E-state index in [-0.39, 0.29) is 131 Å². The zero-order chi connectivity index (χ0) is 64.2. The van der Waals surface area contributed by atoms with Gasteiger partial charge in [-0.15, -0.1) is 0 Å². The Bertz CT molecular complexity index is 2360. The lowest BCUT2D eigenvalue weighted by atomic mass is 10.0. The van der Waals surface area contributed by atoms with Crippen molar-refractivity contribution in [3.05, 3.63) is 0 Å². The highest BCUT2D eigenvalue weighted by Crippen LogP contribution is 2.19. The lowest BCUT2D eigenvalue weighted by Gasteiger charge is -2.27. The third kappa shape index (κ3) is 31.8. The lowest BCUT2D eigenvalue weighted by Crippen LogP contribution is -2.58. The minimum absolute atomic E-state index is 0.0239. The number of carbonyl (C=O) groups excluding carboxylic acids is 11. The Kier molecular flexibility index (Phi) is 36.0. The van der Waals surface area contributed by atoms with Gasteiger partial charge in [-0.1, -0.05) is 13.8 Å². The van der Waals surface area contributed by atoms with Crippen LogP contribution in [0.15, 0.2) is 20.0 Å². The minimum atomic E-state index is -1.38. The maximum absolute atomic E-state index is 14.2. The SMILES string of the molecule is COCC(=O)N1CCC[C@H]1C(=O)N[C@@H](CC(C)C)C(=O)NCC(=O)N[C@@H](CSC)C(=O)N[C@@H](C)C(=O)NCC(=O)N[C@H](CCCN=C(N)N)C(=O)N[C@H](CCCN=C(N)N)C(=O)N[C@H](CCCN=C(N)N)C(=O)N[C@H](CCCN=C(N)N)C(C)=O. The van der Waals surface area contributed by atoms with Gasteiger partial charge in [0.15, 0.2) is 29.6 Å². The van der Waals surface area contributed by atoms with Gasteiger partial charge >= 0.3 is 0 Å². The van der Waals surface area contributed by atoms with E-state index in [1.54, 1.807) is 6.26 Å². The Labute approximate surface area is 499 Å². The van der Waals surface area contributed by atoms with E-state index in [0.717, 1.165) is 0 Å². The molecule has 0 aromatic rings. The minimum Gasteiger partial charge on any atom is -0.375 e. The standard InChI is InChI=1S/C50H92N22O12S/c1-27(2)22-34(71-46(83)36-16-11-21-72(36)39(76)25-84-5)41(78)64-24-38(75)67-35(26-85-6)45(82)65-28(3)40(77)63-23-37(74)66-31(13-8-18-60-48(53)54)42(79)69-33(15-10-20-62-50(57)58)44(81)70-32(14-9-19-61-49(55)56)43(80)68-30(29(4)73)12-7-17-59-47(51)52/h27-28,30-36H,7-26H2,1-6H3,(H,63,77)(H,64,78)(H,65,82)(H,66,74)(H,67,75)(H,68,80)(H,69,79)(H,70,81)(H,71,83)(H4,51,52,59)(H4,53,54,60)(H4,55,56,61)(H4,57,58,62)/t28-,30+,31+,32+,33+,34-,35-,36-/m0/s1. The molecule has 10 amide bonds. The molecule has 1 saturated heterocycles. The molecule has 480 valence electrons. The number of rotatable bonds is 41. The fraction of sp³-hybridized carbons (Fsp3) is 0.700. The quantitative estimate of drug-likeness (QED) is 0.0154. The molecule has 0 aromatic heterocycles. The Morgan fingerprint density at radius 2 is 0.929 bits per heavy atom. The van der Waals surface area contributed by atoms with Gasteiger partial charge in [-0.3, -0.25) is 72.7 Å². The number of likely N-dealkylation sites (tertiary alicyclic amines) is 1. The van der Waals surface area contributed by atoms with E-state index in [0.29, 0.717) is 25.8 Å². The smallest absolute Gasteiger partial charge is 0.249 e. The van der Waals surface area contributed by atoms with E-state index in [1.165, 1.54) is 37.6 Å². The normalized spacial score (nSPS) is 15.0. The first-order valence-corrected chi connectivity index (χ1v) is 29.1. The van der Waals surface area contributed by atoms with Gasteiger partial charge in [-0.25, -0.2) is 0 Å². The first-order valence-electron chi connectivity index (χ1n) is 27.8. The highest BCUT2D eigenvalue weighted by Gasteiger charge is 2.37. The molecule has 0 aliphatic carbocycles. The number of carbonyl (C=O) groups is 11. The third-order valence-electron chi connectivity index (χ3n) is 12.6. The van der Waals surface area contributed by atoms with Crippen molar-refractivity contribution in [2.24, 2.45) is 71.8 Å². The molecule has 1 fully saturated rings. The number of guanidine groups is 4. The number of hydrogen-bond acceptors (Lipinski definition) is 17. The number of aliphatic imine (C=N–C) groups is 4. The van der Waals surface area contributed by atoms with Crippen molar-refractivity contribution in [3.63, 3.8) is 0 Å². The number of amides is 10. The zero-order valence-electron chi connectivity index (χ0n) is 49.5. The molecule has 0 radical (unpaired) electrons. The summed E-state index contributed by atoms with van der Waals surface area (Å²) < 4.78 is 4.94. The number of nitrogens with one attached hydrogen (secondary N) is 9. The maximum Gasteiger partial charge on any atom is 0.249 e. The second-order valence-corrected chi connectivity index (χ2v) is 21.2. The van der Waals surface area contributed by atoms with Gasteiger partial charge in [0, 0.05) is 45.6 Å². The second kappa shape index (κ2) is 40.9. The van der Waals surface area contributed by atoms with Crippen LogP contribution >= 0.6 is 11.8 Å². The number of hydrogen-bond donors (Lipinski definition) is 17. The van der Waals surface area contributed by atoms with Crippen molar-refractivity contribution in [2.75, 3.05) is 71.5 Å². The summed E-state index contributed by atoms with van der Waals surface area (Å²) in [5, 5.41) is 23.1. The highest BCUT2D eigenvalue weighted by atomic mass is 32.2. The summed E-state index contributed by atoms with van der Waals surface area (Å²) in [4.78, 5) is 164. The molecule has 0 saturated carbocycles. The molecule has 0 bridgehead atoms. The van der Waals surface area contributed by atoms with Crippen LogP contribution in [0.25, 0.3) is 0 Å².